The number of carboxylic acids is 1. The predicted octanol–water partition coefficient (Wildman–Crippen LogP) is 1.60. The Morgan fingerprint density at radius 3 is 2.61 bits per heavy atom. The zero-order valence-corrected chi connectivity index (χ0v) is 10.2. The average Bonchev–Trinajstić information content (AvgIpc) is 2.37. The fourth-order valence-corrected chi connectivity index (χ4v) is 2.21. The van der Waals surface area contributed by atoms with E-state index in [1.54, 1.807) is 13.0 Å². The van der Waals surface area contributed by atoms with Gasteiger partial charge in [0, 0.05) is 13.0 Å². The van der Waals surface area contributed by atoms with Gasteiger partial charge >= 0.3 is 5.97 Å². The molecule has 1 heterocycles. The Labute approximate surface area is 106 Å². The van der Waals surface area contributed by atoms with Gasteiger partial charge < -0.3 is 10.0 Å². The van der Waals surface area contributed by atoms with Crippen molar-refractivity contribution in [2.75, 3.05) is 0 Å². The lowest BCUT2D eigenvalue weighted by molar-refractivity contribution is -0.149. The van der Waals surface area contributed by atoms with E-state index in [-0.39, 0.29) is 5.91 Å². The number of hydrogen-bond acceptors (Lipinski definition) is 2. The molecule has 1 aromatic carbocycles. The minimum Gasteiger partial charge on any atom is -0.480 e. The Bertz CT molecular complexity index is 508. The maximum absolute atomic E-state index is 11.9. The van der Waals surface area contributed by atoms with Crippen LogP contribution in [0.4, 0.5) is 0 Å². The van der Waals surface area contributed by atoms with Crippen LogP contribution in [-0.2, 0) is 22.6 Å². The molecule has 0 saturated carbocycles. The minimum atomic E-state index is -0.956. The first kappa shape index (κ1) is 12.4. The van der Waals surface area contributed by atoms with Gasteiger partial charge in [-0.3, -0.25) is 4.79 Å². The lowest BCUT2D eigenvalue weighted by Gasteiger charge is -2.33. The van der Waals surface area contributed by atoms with E-state index in [1.807, 2.05) is 24.3 Å². The molecule has 1 unspecified atom stereocenters. The third-order valence-corrected chi connectivity index (χ3v) is 3.13. The molecule has 0 saturated heterocycles. The molecule has 2 rings (SSSR count). The summed E-state index contributed by atoms with van der Waals surface area (Å²) in [4.78, 5) is 24.6. The van der Waals surface area contributed by atoms with E-state index >= 15 is 0 Å². The molecule has 1 amide bonds. The van der Waals surface area contributed by atoms with Gasteiger partial charge in [-0.1, -0.05) is 30.3 Å². The highest BCUT2D eigenvalue weighted by Crippen LogP contribution is 2.23. The quantitative estimate of drug-likeness (QED) is 0.805. The van der Waals surface area contributed by atoms with Crippen LogP contribution in [0.5, 0.6) is 0 Å². The summed E-state index contributed by atoms with van der Waals surface area (Å²) in [5, 5.41) is 9.23. The summed E-state index contributed by atoms with van der Waals surface area (Å²) >= 11 is 0. The molecule has 4 nitrogen and oxygen atoms in total. The van der Waals surface area contributed by atoms with E-state index in [2.05, 4.69) is 0 Å². The summed E-state index contributed by atoms with van der Waals surface area (Å²) in [6, 6.07) is 6.87. The smallest absolute Gasteiger partial charge is 0.326 e. The van der Waals surface area contributed by atoms with Crippen molar-refractivity contribution in [1.82, 2.24) is 4.90 Å². The van der Waals surface area contributed by atoms with E-state index in [9.17, 15) is 14.7 Å². The fourth-order valence-electron chi connectivity index (χ4n) is 2.21. The number of hydrogen-bond donors (Lipinski definition) is 1. The van der Waals surface area contributed by atoms with Crippen molar-refractivity contribution in [2.24, 2.45) is 0 Å². The van der Waals surface area contributed by atoms with E-state index in [4.69, 9.17) is 0 Å². The molecule has 4 heteroatoms. The summed E-state index contributed by atoms with van der Waals surface area (Å²) in [5.41, 5.74) is 2.03. The molecule has 1 aliphatic heterocycles. The van der Waals surface area contributed by atoms with Gasteiger partial charge in [0.2, 0.25) is 5.91 Å². The van der Waals surface area contributed by atoms with Crippen LogP contribution < -0.4 is 0 Å². The van der Waals surface area contributed by atoms with Crippen molar-refractivity contribution in [3.63, 3.8) is 0 Å². The first-order valence-corrected chi connectivity index (χ1v) is 5.86. The van der Waals surface area contributed by atoms with Crippen LogP contribution in [0.1, 0.15) is 18.1 Å². The van der Waals surface area contributed by atoms with Crippen LogP contribution >= 0.6 is 0 Å². The highest BCUT2D eigenvalue weighted by Gasteiger charge is 2.33. The third-order valence-electron chi connectivity index (χ3n) is 3.13. The molecule has 0 spiro atoms. The second-order valence-corrected chi connectivity index (χ2v) is 4.29. The zero-order chi connectivity index (χ0) is 13.1. The number of carbonyl (C=O) groups is 2. The van der Waals surface area contributed by atoms with E-state index in [0.29, 0.717) is 13.0 Å². The second-order valence-electron chi connectivity index (χ2n) is 4.29. The molecular formula is C14H15NO3. The molecule has 1 atom stereocenters. The van der Waals surface area contributed by atoms with Crippen LogP contribution in [0.2, 0.25) is 0 Å². The maximum Gasteiger partial charge on any atom is 0.326 e. The molecule has 0 bridgehead atoms. The number of aliphatic carboxylic acids is 1. The summed E-state index contributed by atoms with van der Waals surface area (Å²) < 4.78 is 0. The normalized spacial score (nSPS) is 18.7. The second kappa shape index (κ2) is 5.04. The van der Waals surface area contributed by atoms with Gasteiger partial charge in [-0.05, 0) is 24.1 Å². The predicted molar refractivity (Wildman–Crippen MR) is 66.9 cm³/mol. The van der Waals surface area contributed by atoms with Gasteiger partial charge in [-0.15, -0.1) is 0 Å². The topological polar surface area (TPSA) is 57.6 Å². The minimum absolute atomic E-state index is 0.251. The van der Waals surface area contributed by atoms with Crippen molar-refractivity contribution in [3.8, 4) is 0 Å². The van der Waals surface area contributed by atoms with Crippen molar-refractivity contribution >= 4 is 11.9 Å². The highest BCUT2D eigenvalue weighted by atomic mass is 16.4. The number of fused-ring (bicyclic) bond motifs is 1. The molecule has 1 aromatic rings. The van der Waals surface area contributed by atoms with Crippen molar-refractivity contribution < 1.29 is 14.7 Å². The van der Waals surface area contributed by atoms with Gasteiger partial charge in [0.15, 0.2) is 0 Å². The maximum atomic E-state index is 11.9. The molecule has 0 aliphatic carbocycles. The summed E-state index contributed by atoms with van der Waals surface area (Å²) in [6.07, 6.45) is 3.40. The van der Waals surface area contributed by atoms with Gasteiger partial charge in [0.05, 0.1) is 0 Å². The molecular weight excluding hydrogens is 230 g/mol. The van der Waals surface area contributed by atoms with Crippen LogP contribution in [0, 0.1) is 0 Å². The monoisotopic (exact) mass is 245 g/mol. The number of allylic oxidation sites excluding steroid dienone is 1. The zero-order valence-electron chi connectivity index (χ0n) is 10.2. The number of rotatable bonds is 2. The Hall–Kier alpha value is -2.10. The molecule has 1 N–H and O–H groups in total. The highest BCUT2D eigenvalue weighted by molar-refractivity contribution is 5.91. The van der Waals surface area contributed by atoms with Crippen molar-refractivity contribution in [2.45, 2.75) is 25.9 Å². The third kappa shape index (κ3) is 2.27. The molecule has 0 aromatic heterocycles. The summed E-state index contributed by atoms with van der Waals surface area (Å²) in [6.45, 7) is 2.10. The number of amides is 1. The number of carboxylic acid groups (broad SMARTS) is 1. The van der Waals surface area contributed by atoms with Crippen LogP contribution in [-0.4, -0.2) is 27.9 Å². The standard InChI is InChI=1S/C14H15NO3/c1-2-5-13(16)15-9-11-7-4-3-6-10(11)8-12(15)14(17)18/h2-7,12H,8-9H2,1H3,(H,17,18)/b5-2+. The first-order valence-electron chi connectivity index (χ1n) is 5.86. The Kier molecular flexibility index (Phi) is 3.46. The number of nitrogens with zero attached hydrogens (tertiary/aromatic N) is 1. The summed E-state index contributed by atoms with van der Waals surface area (Å²) in [5.74, 6) is -1.21. The van der Waals surface area contributed by atoms with Crippen LogP contribution in [0.3, 0.4) is 0 Å². The molecule has 1 aliphatic rings. The van der Waals surface area contributed by atoms with Crippen LogP contribution in [0.15, 0.2) is 36.4 Å². The van der Waals surface area contributed by atoms with Crippen molar-refractivity contribution in [1.29, 1.82) is 0 Å². The Morgan fingerprint density at radius 2 is 2.00 bits per heavy atom. The van der Waals surface area contributed by atoms with Crippen LogP contribution in [0.25, 0.3) is 0 Å². The van der Waals surface area contributed by atoms with E-state index in [0.717, 1.165) is 11.1 Å². The number of benzene rings is 1. The van der Waals surface area contributed by atoms with Crippen molar-refractivity contribution in [3.05, 3.63) is 47.5 Å². The molecule has 0 radical (unpaired) electrons. The van der Waals surface area contributed by atoms with E-state index < -0.39 is 12.0 Å². The lowest BCUT2D eigenvalue weighted by atomic mass is 9.94. The molecule has 0 fully saturated rings. The number of carbonyl (C=O) groups excluding carboxylic acids is 1. The lowest BCUT2D eigenvalue weighted by Crippen LogP contribution is -2.48. The van der Waals surface area contributed by atoms with E-state index in [1.165, 1.54) is 11.0 Å². The van der Waals surface area contributed by atoms with Gasteiger partial charge in [0.25, 0.3) is 0 Å². The molecule has 94 valence electrons. The van der Waals surface area contributed by atoms with Gasteiger partial charge in [-0.25, -0.2) is 4.79 Å². The molecule has 18 heavy (non-hydrogen) atoms. The Balaban J connectivity index is 2.34. The average molecular weight is 245 g/mol. The SMILES string of the molecule is C/C=C/C(=O)N1Cc2ccccc2CC1C(=O)O. The largest absolute Gasteiger partial charge is 0.480 e. The fraction of sp³-hybridized carbons (Fsp3) is 0.286. The van der Waals surface area contributed by atoms with Gasteiger partial charge in [0.1, 0.15) is 6.04 Å². The van der Waals surface area contributed by atoms with Gasteiger partial charge in [-0.2, -0.15) is 0 Å². The summed E-state index contributed by atoms with van der Waals surface area (Å²) in [7, 11) is 0. The first-order chi connectivity index (χ1) is 8.63. The Morgan fingerprint density at radius 1 is 1.33 bits per heavy atom.